The van der Waals surface area contributed by atoms with Gasteiger partial charge < -0.3 is 0 Å². The van der Waals surface area contributed by atoms with Gasteiger partial charge in [-0.1, -0.05) is 0 Å². The van der Waals surface area contributed by atoms with Gasteiger partial charge in [0.05, 0.1) is 0 Å². The Morgan fingerprint density at radius 1 is 0.111 bits per heavy atom. The van der Waals surface area contributed by atoms with Crippen LogP contribution in [0.3, 0.4) is 0 Å². The molecule has 0 fully saturated rings. The van der Waals surface area contributed by atoms with Crippen molar-refractivity contribution in [3.63, 3.8) is 0 Å². The van der Waals surface area contributed by atoms with Crippen molar-refractivity contribution >= 4 is 317 Å². The Bertz CT molecular complexity index is 0. The number of rotatable bonds is 0. The molecular weight excluding hydrogens is 1310 g/mol. The molecule has 0 saturated heterocycles. The Morgan fingerprint density at radius 3 is 0.111 bits per heavy atom. The summed E-state index contributed by atoms with van der Waals surface area (Å²) in [6.07, 6.45) is 0. The maximum Gasteiger partial charge on any atom is 0 e. The van der Waals surface area contributed by atoms with Crippen molar-refractivity contribution in [1.29, 1.82) is 0 Å². The summed E-state index contributed by atoms with van der Waals surface area (Å²) in [5.41, 5.74) is 0. The van der Waals surface area contributed by atoms with Crippen LogP contribution in [0, 0.1) is 0 Å². The van der Waals surface area contributed by atoms with Crippen LogP contribution in [-0.4, -0.2) is 317 Å². The quantitative estimate of drug-likeness (QED) is 0.212. The summed E-state index contributed by atoms with van der Waals surface area (Å²) in [4.78, 5) is 0. The van der Waals surface area contributed by atoms with Gasteiger partial charge in [-0.05, 0) is 0 Å². The van der Waals surface area contributed by atoms with Crippen LogP contribution >= 0.6 is 0 Å². The molecule has 0 heterocycles. The van der Waals surface area contributed by atoms with E-state index < -0.39 is 0 Å². The van der Waals surface area contributed by atoms with Gasteiger partial charge in [-0.2, -0.15) is 0 Å². The molecule has 0 aliphatic rings. The zero-order chi connectivity index (χ0) is 0. The fourth-order valence-corrected chi connectivity index (χ4v) is 0. The van der Waals surface area contributed by atoms with Crippen LogP contribution in [-0.2, 0) is 0 Å². The monoisotopic (exact) mass is 1330 g/mol. The average molecular weight is 1310 g/mol. The molecule has 18 heteroatoms. The normalized spacial score (nSPS) is 0. The molecule has 76 valence electrons. The van der Waals surface area contributed by atoms with E-state index in [0.29, 0.717) is 0 Å². The van der Waals surface area contributed by atoms with Crippen LogP contribution in [0.5, 0.6) is 0 Å². The van der Waals surface area contributed by atoms with Crippen LogP contribution in [0.1, 0.15) is 0 Å². The van der Waals surface area contributed by atoms with Gasteiger partial charge in [0, 0.05) is 246 Å². The first-order valence-electron chi connectivity index (χ1n) is 0. The van der Waals surface area contributed by atoms with Gasteiger partial charge in [0.25, 0.3) is 0 Å². The van der Waals surface area contributed by atoms with Crippen LogP contribution in [0.15, 0.2) is 0 Å². The molecule has 0 aromatic rings. The number of hydrogen-bond acceptors (Lipinski definition) is 0. The SMILES string of the molecule is [GeH].[GeH].[GeH].[GeH].[Ge].[Ge].[Ge].[Ge].[Ge].[Ge].[Ge].[Ge].[Ge].[Ge].[Ge].[Ge].[Ge].[Ge]. The summed E-state index contributed by atoms with van der Waals surface area (Å²) in [5.74, 6) is 0. The zero-order valence-electron chi connectivity index (χ0n) is 9.31. The Labute approximate surface area is 309 Å². The van der Waals surface area contributed by atoms with Crippen molar-refractivity contribution in [2.24, 2.45) is 0 Å². The third-order valence-corrected chi connectivity index (χ3v) is 0. The predicted octanol–water partition coefficient (Wildman–Crippen LogP) is -7.93. The van der Waals surface area contributed by atoms with E-state index in [-0.39, 0.29) is 317 Å². The second-order valence-electron chi connectivity index (χ2n) is 0. The van der Waals surface area contributed by atoms with Gasteiger partial charge in [0.15, 0.2) is 0 Å². The maximum absolute atomic E-state index is 0. The topological polar surface area (TPSA) is 0 Å². The molecule has 18 heavy (non-hydrogen) atoms. The summed E-state index contributed by atoms with van der Waals surface area (Å²) < 4.78 is 0. The molecule has 0 spiro atoms. The smallest absolute Gasteiger partial charge is 0 e. The first kappa shape index (κ1) is 208. The van der Waals surface area contributed by atoms with Crippen molar-refractivity contribution in [2.45, 2.75) is 0 Å². The Hall–Kier alpha value is 9.77. The molecule has 0 rings (SSSR count). The van der Waals surface area contributed by atoms with Gasteiger partial charge >= 0.3 is 70.4 Å². The average Bonchev–Trinajstić information content (AvgIpc) is 0. The second kappa shape index (κ2) is 186. The minimum atomic E-state index is 0. The fourth-order valence-electron chi connectivity index (χ4n) is 0. The van der Waals surface area contributed by atoms with E-state index >= 15 is 0 Å². The summed E-state index contributed by atoms with van der Waals surface area (Å²) >= 11 is 0. The van der Waals surface area contributed by atoms with Crippen molar-refractivity contribution < 1.29 is 0 Å². The molecule has 0 aliphatic carbocycles. The zero-order valence-corrected chi connectivity index (χ0v) is 48.4. The van der Waals surface area contributed by atoms with Crippen molar-refractivity contribution in [2.75, 3.05) is 0 Å². The van der Waals surface area contributed by atoms with Gasteiger partial charge in [0.2, 0.25) is 0 Å². The van der Waals surface area contributed by atoms with Gasteiger partial charge in [-0.25, -0.2) is 0 Å². The molecular formula is H4Ge18. The fraction of sp³-hybridized carbons (Fsp3) is 0. The Morgan fingerprint density at radius 2 is 0.111 bits per heavy atom. The molecule has 0 aromatic heterocycles. The molecule has 0 saturated carbocycles. The molecule has 0 amide bonds. The van der Waals surface area contributed by atoms with Gasteiger partial charge in [-0.3, -0.25) is 0 Å². The molecule has 68 radical (unpaired) electrons. The third kappa shape index (κ3) is 166. The second-order valence-corrected chi connectivity index (χ2v) is 0. The van der Waals surface area contributed by atoms with Crippen molar-refractivity contribution in [3.05, 3.63) is 0 Å². The van der Waals surface area contributed by atoms with Crippen molar-refractivity contribution in [3.8, 4) is 0 Å². The molecule has 0 atom stereocenters. The van der Waals surface area contributed by atoms with E-state index in [9.17, 15) is 0 Å². The third-order valence-electron chi connectivity index (χ3n) is 0. The number of hydrogen-bond donors (Lipinski definition) is 0. The molecule has 0 bridgehead atoms. The van der Waals surface area contributed by atoms with Crippen LogP contribution in [0.2, 0.25) is 0 Å². The van der Waals surface area contributed by atoms with E-state index in [0.717, 1.165) is 0 Å². The standard InChI is InChI=1S/4GeH.14Ge/h4*1H;;;;;;;;;;;;;;. The summed E-state index contributed by atoms with van der Waals surface area (Å²) in [6, 6.07) is 0. The van der Waals surface area contributed by atoms with E-state index in [1.54, 1.807) is 0 Å². The first-order chi connectivity index (χ1) is 0. The maximum atomic E-state index is 0. The largest absolute Gasteiger partial charge is 0 e. The van der Waals surface area contributed by atoms with Crippen LogP contribution in [0.4, 0.5) is 0 Å². The predicted molar refractivity (Wildman–Crippen MR) is 109 cm³/mol. The van der Waals surface area contributed by atoms with Crippen LogP contribution in [0.25, 0.3) is 0 Å². The van der Waals surface area contributed by atoms with Crippen molar-refractivity contribution in [1.82, 2.24) is 0 Å². The van der Waals surface area contributed by atoms with Gasteiger partial charge in [-0.15, -0.1) is 0 Å². The summed E-state index contributed by atoms with van der Waals surface area (Å²) in [5, 5.41) is 0. The minimum Gasteiger partial charge on any atom is 0 e. The molecule has 0 unspecified atom stereocenters. The van der Waals surface area contributed by atoms with E-state index in [1.807, 2.05) is 0 Å². The van der Waals surface area contributed by atoms with E-state index in [4.69, 9.17) is 0 Å². The Kier molecular flexibility index (Phi) is 2160. The van der Waals surface area contributed by atoms with E-state index in [2.05, 4.69) is 0 Å². The van der Waals surface area contributed by atoms with Crippen LogP contribution < -0.4 is 0 Å². The molecule has 0 N–H and O–H groups in total. The summed E-state index contributed by atoms with van der Waals surface area (Å²) in [6.45, 7) is 0. The van der Waals surface area contributed by atoms with E-state index in [1.165, 1.54) is 0 Å². The molecule has 0 aromatic carbocycles. The molecule has 0 nitrogen and oxygen atoms in total. The minimum absolute atomic E-state index is 0. The van der Waals surface area contributed by atoms with Gasteiger partial charge in [0.1, 0.15) is 0 Å². The summed E-state index contributed by atoms with van der Waals surface area (Å²) in [7, 11) is 0. The first-order valence-corrected chi connectivity index (χ1v) is 0. The molecule has 0 aliphatic heterocycles. The Balaban J connectivity index is 0.